The van der Waals surface area contributed by atoms with E-state index >= 15 is 0 Å². The Morgan fingerprint density at radius 2 is 2.20 bits per heavy atom. The molecule has 0 bridgehead atoms. The molecule has 0 unspecified atom stereocenters. The highest BCUT2D eigenvalue weighted by Crippen LogP contribution is 2.19. The van der Waals surface area contributed by atoms with Crippen LogP contribution in [0.3, 0.4) is 0 Å². The smallest absolute Gasteiger partial charge is 0.270 e. The Hall–Kier alpha value is -1.63. The summed E-state index contributed by atoms with van der Waals surface area (Å²) in [5, 5.41) is 11.3. The summed E-state index contributed by atoms with van der Waals surface area (Å²) in [7, 11) is 1.76. The number of hydrogen-bond donors (Lipinski definition) is 1. The number of nitrogens with one attached hydrogen (secondary N) is 1. The fourth-order valence-corrected chi connectivity index (χ4v) is 2.54. The number of amides is 1. The molecule has 2 aromatic rings. The molecular weight excluding hydrogens is 322 g/mol. The minimum absolute atomic E-state index is 0.114. The molecule has 0 aliphatic carbocycles. The van der Waals surface area contributed by atoms with Crippen LogP contribution < -0.4 is 5.32 Å². The Morgan fingerprint density at radius 3 is 2.75 bits per heavy atom. The average Bonchev–Trinajstić information content (AvgIpc) is 2.90. The summed E-state index contributed by atoms with van der Waals surface area (Å²) >= 11 is 3.39. The van der Waals surface area contributed by atoms with Gasteiger partial charge in [-0.05, 0) is 42.3 Å². The van der Waals surface area contributed by atoms with Crippen LogP contribution in [0.1, 0.15) is 28.3 Å². The van der Waals surface area contributed by atoms with Crippen molar-refractivity contribution in [1.29, 1.82) is 0 Å². The van der Waals surface area contributed by atoms with E-state index in [1.54, 1.807) is 17.9 Å². The van der Waals surface area contributed by atoms with E-state index in [-0.39, 0.29) is 5.91 Å². The van der Waals surface area contributed by atoms with Crippen LogP contribution in [0.5, 0.6) is 0 Å². The van der Waals surface area contributed by atoms with Gasteiger partial charge in [0, 0.05) is 32.0 Å². The summed E-state index contributed by atoms with van der Waals surface area (Å²) in [5.74, 6) is -0.114. The SMILES string of the molecule is Cc1nn(C)c(C(=O)NCCCn2nccc2C)c1Br. The summed E-state index contributed by atoms with van der Waals surface area (Å²) < 4.78 is 4.27. The van der Waals surface area contributed by atoms with Gasteiger partial charge in [0.1, 0.15) is 5.69 Å². The first-order chi connectivity index (χ1) is 9.50. The molecule has 1 N–H and O–H groups in total. The van der Waals surface area contributed by atoms with E-state index in [0.717, 1.165) is 28.8 Å². The van der Waals surface area contributed by atoms with Gasteiger partial charge in [-0.15, -0.1) is 0 Å². The van der Waals surface area contributed by atoms with Gasteiger partial charge < -0.3 is 5.32 Å². The average molecular weight is 340 g/mol. The van der Waals surface area contributed by atoms with E-state index < -0.39 is 0 Å². The summed E-state index contributed by atoms with van der Waals surface area (Å²) in [5.41, 5.74) is 2.49. The monoisotopic (exact) mass is 339 g/mol. The number of halogens is 1. The second kappa shape index (κ2) is 6.21. The Balaban J connectivity index is 1.85. The Bertz CT molecular complexity index is 616. The van der Waals surface area contributed by atoms with Crippen molar-refractivity contribution in [2.75, 3.05) is 6.54 Å². The van der Waals surface area contributed by atoms with Crippen LogP contribution in [0.25, 0.3) is 0 Å². The summed E-state index contributed by atoms with van der Waals surface area (Å²) in [4.78, 5) is 12.1. The largest absolute Gasteiger partial charge is 0.351 e. The van der Waals surface area contributed by atoms with Gasteiger partial charge in [-0.3, -0.25) is 14.2 Å². The standard InChI is InChI=1S/C13H18BrN5O/c1-9-5-7-16-19(9)8-4-6-15-13(20)12-11(14)10(2)17-18(12)3/h5,7H,4,6,8H2,1-3H3,(H,15,20). The molecule has 20 heavy (non-hydrogen) atoms. The van der Waals surface area contributed by atoms with Crippen LogP contribution in [-0.2, 0) is 13.6 Å². The van der Waals surface area contributed by atoms with Crippen molar-refractivity contribution in [2.45, 2.75) is 26.8 Å². The fourth-order valence-electron chi connectivity index (χ4n) is 2.03. The number of nitrogens with zero attached hydrogens (tertiary/aromatic N) is 4. The van der Waals surface area contributed by atoms with E-state index in [9.17, 15) is 4.79 Å². The Kier molecular flexibility index (Phi) is 4.59. The summed E-state index contributed by atoms with van der Waals surface area (Å²) in [6.45, 7) is 5.28. The highest BCUT2D eigenvalue weighted by Gasteiger charge is 2.17. The molecule has 0 saturated heterocycles. The maximum absolute atomic E-state index is 12.1. The zero-order valence-corrected chi connectivity index (χ0v) is 13.4. The van der Waals surface area contributed by atoms with Crippen molar-refractivity contribution in [3.05, 3.63) is 33.8 Å². The zero-order chi connectivity index (χ0) is 14.7. The lowest BCUT2D eigenvalue weighted by molar-refractivity contribution is 0.0942. The molecule has 2 heterocycles. The molecule has 2 aromatic heterocycles. The van der Waals surface area contributed by atoms with Gasteiger partial charge in [0.15, 0.2) is 0 Å². The molecule has 0 fully saturated rings. The van der Waals surface area contributed by atoms with Crippen molar-refractivity contribution in [2.24, 2.45) is 7.05 Å². The molecule has 0 aliphatic rings. The lowest BCUT2D eigenvalue weighted by atomic mass is 10.3. The molecule has 0 aliphatic heterocycles. The molecule has 6 nitrogen and oxygen atoms in total. The van der Waals surface area contributed by atoms with Crippen molar-refractivity contribution < 1.29 is 4.79 Å². The van der Waals surface area contributed by atoms with Crippen molar-refractivity contribution in [3.8, 4) is 0 Å². The molecule has 0 saturated carbocycles. The third-order valence-electron chi connectivity index (χ3n) is 3.13. The van der Waals surface area contributed by atoms with Crippen molar-refractivity contribution in [1.82, 2.24) is 24.9 Å². The van der Waals surface area contributed by atoms with Crippen LogP contribution in [0.2, 0.25) is 0 Å². The molecule has 0 aromatic carbocycles. The second-order valence-electron chi connectivity index (χ2n) is 4.68. The highest BCUT2D eigenvalue weighted by molar-refractivity contribution is 9.10. The van der Waals surface area contributed by atoms with Crippen LogP contribution in [0, 0.1) is 13.8 Å². The maximum Gasteiger partial charge on any atom is 0.270 e. The second-order valence-corrected chi connectivity index (χ2v) is 5.47. The molecule has 108 valence electrons. The van der Waals surface area contributed by atoms with Gasteiger partial charge in [-0.25, -0.2) is 0 Å². The first kappa shape index (κ1) is 14.8. The minimum atomic E-state index is -0.114. The van der Waals surface area contributed by atoms with Gasteiger partial charge in [0.05, 0.1) is 10.2 Å². The van der Waals surface area contributed by atoms with E-state index in [1.165, 1.54) is 0 Å². The van der Waals surface area contributed by atoms with Gasteiger partial charge >= 0.3 is 0 Å². The number of carbonyl (C=O) groups excluding carboxylic acids is 1. The van der Waals surface area contributed by atoms with Gasteiger partial charge in [-0.1, -0.05) is 0 Å². The zero-order valence-electron chi connectivity index (χ0n) is 11.9. The third-order valence-corrected chi connectivity index (χ3v) is 4.07. The quantitative estimate of drug-likeness (QED) is 0.845. The fraction of sp³-hybridized carbons (Fsp3) is 0.462. The number of aryl methyl sites for hydroxylation is 4. The topological polar surface area (TPSA) is 64.7 Å². The van der Waals surface area contributed by atoms with Gasteiger partial charge in [0.25, 0.3) is 5.91 Å². The molecule has 0 atom stereocenters. The van der Waals surface area contributed by atoms with Crippen molar-refractivity contribution in [3.63, 3.8) is 0 Å². The highest BCUT2D eigenvalue weighted by atomic mass is 79.9. The molecule has 0 spiro atoms. The van der Waals surface area contributed by atoms with Crippen LogP contribution >= 0.6 is 15.9 Å². The number of carbonyl (C=O) groups is 1. The van der Waals surface area contributed by atoms with Crippen LogP contribution in [0.15, 0.2) is 16.7 Å². The normalized spacial score (nSPS) is 10.8. The van der Waals surface area contributed by atoms with E-state index in [0.29, 0.717) is 12.2 Å². The first-order valence-corrected chi connectivity index (χ1v) is 7.25. The van der Waals surface area contributed by atoms with E-state index in [2.05, 4.69) is 31.4 Å². The lowest BCUT2D eigenvalue weighted by Crippen LogP contribution is -2.27. The van der Waals surface area contributed by atoms with Crippen LogP contribution in [0.4, 0.5) is 0 Å². The predicted octanol–water partition coefficient (Wildman–Crippen LogP) is 1.82. The third kappa shape index (κ3) is 3.09. The molecule has 1 amide bonds. The Labute approximate surface area is 126 Å². The van der Waals surface area contributed by atoms with Crippen molar-refractivity contribution >= 4 is 21.8 Å². The predicted molar refractivity (Wildman–Crippen MR) is 79.6 cm³/mol. The number of aromatic nitrogens is 4. The first-order valence-electron chi connectivity index (χ1n) is 6.46. The van der Waals surface area contributed by atoms with Gasteiger partial charge in [0.2, 0.25) is 0 Å². The van der Waals surface area contributed by atoms with Crippen LogP contribution in [-0.4, -0.2) is 32.0 Å². The van der Waals surface area contributed by atoms with Gasteiger partial charge in [-0.2, -0.15) is 10.2 Å². The number of hydrogen-bond acceptors (Lipinski definition) is 3. The summed E-state index contributed by atoms with van der Waals surface area (Å²) in [6, 6.07) is 1.97. The molecule has 0 radical (unpaired) electrons. The minimum Gasteiger partial charge on any atom is -0.351 e. The maximum atomic E-state index is 12.1. The lowest BCUT2D eigenvalue weighted by Gasteiger charge is -2.07. The molecule has 7 heteroatoms. The molecule has 2 rings (SSSR count). The van der Waals surface area contributed by atoms with E-state index in [4.69, 9.17) is 0 Å². The number of rotatable bonds is 5. The Morgan fingerprint density at radius 1 is 1.45 bits per heavy atom. The van der Waals surface area contributed by atoms with E-state index in [1.807, 2.05) is 24.6 Å². The summed E-state index contributed by atoms with van der Waals surface area (Å²) in [6.07, 6.45) is 2.62. The molecular formula is C13H18BrN5O.